The molecule has 2 heterocycles. The number of halogens is 1. The second kappa shape index (κ2) is 12.4. The Kier molecular flexibility index (Phi) is 11.4. The van der Waals surface area contributed by atoms with E-state index in [9.17, 15) is 0 Å². The number of aliphatic imine (C=N–C) groups is 1. The van der Waals surface area contributed by atoms with E-state index in [4.69, 9.17) is 9.73 Å². The average Bonchev–Trinajstić information content (AvgIpc) is 2.98. The van der Waals surface area contributed by atoms with E-state index < -0.39 is 0 Å². The summed E-state index contributed by atoms with van der Waals surface area (Å²) in [6.45, 7) is 16.4. The largest absolute Gasteiger partial charge is 0.373 e. The maximum atomic E-state index is 5.83. The molecule has 5 nitrogen and oxygen atoms in total. The predicted molar refractivity (Wildman–Crippen MR) is 122 cm³/mol. The van der Waals surface area contributed by atoms with Crippen LogP contribution < -0.4 is 10.6 Å². The van der Waals surface area contributed by atoms with Crippen LogP contribution in [0, 0.1) is 11.8 Å². The van der Waals surface area contributed by atoms with Crippen LogP contribution in [0.5, 0.6) is 0 Å². The van der Waals surface area contributed by atoms with Crippen LogP contribution >= 0.6 is 24.0 Å². The zero-order valence-corrected chi connectivity index (χ0v) is 19.7. The number of rotatable bonds is 8. The summed E-state index contributed by atoms with van der Waals surface area (Å²) in [6.07, 6.45) is 6.11. The molecule has 2 rings (SSSR count). The first-order chi connectivity index (χ1) is 12.0. The van der Waals surface area contributed by atoms with Gasteiger partial charge in [0.2, 0.25) is 0 Å². The molecule has 2 saturated heterocycles. The van der Waals surface area contributed by atoms with E-state index in [0.29, 0.717) is 0 Å². The molecule has 0 bridgehead atoms. The van der Waals surface area contributed by atoms with E-state index in [0.717, 1.165) is 56.9 Å². The Morgan fingerprint density at radius 2 is 1.92 bits per heavy atom. The molecule has 2 fully saturated rings. The van der Waals surface area contributed by atoms with Crippen molar-refractivity contribution in [2.24, 2.45) is 16.8 Å². The molecule has 0 aliphatic carbocycles. The Bertz CT molecular complexity index is 403. The lowest BCUT2D eigenvalue weighted by molar-refractivity contribution is 0.0283. The highest BCUT2D eigenvalue weighted by Gasteiger charge is 2.29. The SMILES string of the molecule is CCNC(=NCC1(C)CCCO1)NCCCCN1CC(C)CC(C)C1.I. The van der Waals surface area contributed by atoms with Gasteiger partial charge in [0.1, 0.15) is 0 Å². The number of unbranched alkanes of at least 4 members (excludes halogenated alkanes) is 1. The van der Waals surface area contributed by atoms with E-state index in [1.807, 2.05) is 0 Å². The van der Waals surface area contributed by atoms with Gasteiger partial charge >= 0.3 is 0 Å². The molecule has 2 aliphatic rings. The lowest BCUT2D eigenvalue weighted by Crippen LogP contribution is -2.40. The van der Waals surface area contributed by atoms with Crippen molar-refractivity contribution in [3.8, 4) is 0 Å². The molecule has 0 aromatic carbocycles. The molecule has 3 atom stereocenters. The normalized spacial score (nSPS) is 30.1. The number of hydrogen-bond acceptors (Lipinski definition) is 3. The maximum Gasteiger partial charge on any atom is 0.191 e. The van der Waals surface area contributed by atoms with Crippen LogP contribution in [-0.2, 0) is 4.74 Å². The van der Waals surface area contributed by atoms with Gasteiger partial charge in [-0.15, -0.1) is 24.0 Å². The molecular weight excluding hydrogens is 439 g/mol. The fraction of sp³-hybridized carbons (Fsp3) is 0.950. The second-order valence-electron chi connectivity index (χ2n) is 8.44. The smallest absolute Gasteiger partial charge is 0.191 e. The molecule has 2 aliphatic heterocycles. The number of guanidine groups is 1. The van der Waals surface area contributed by atoms with Crippen molar-refractivity contribution < 1.29 is 4.74 Å². The summed E-state index contributed by atoms with van der Waals surface area (Å²) in [4.78, 5) is 7.38. The zero-order valence-electron chi connectivity index (χ0n) is 17.4. The summed E-state index contributed by atoms with van der Waals surface area (Å²) in [7, 11) is 0. The van der Waals surface area contributed by atoms with Crippen LogP contribution in [0.2, 0.25) is 0 Å². The third-order valence-electron chi connectivity index (χ3n) is 5.35. The van der Waals surface area contributed by atoms with Crippen molar-refractivity contribution in [2.45, 2.75) is 65.4 Å². The first kappa shape index (κ1) is 24.0. The predicted octanol–water partition coefficient (Wildman–Crippen LogP) is 3.49. The monoisotopic (exact) mass is 480 g/mol. The number of piperidine rings is 1. The molecule has 0 spiro atoms. The molecular formula is C20H41IN4O. The molecule has 0 amide bonds. The Morgan fingerprint density at radius 1 is 1.19 bits per heavy atom. The molecule has 2 N–H and O–H groups in total. The first-order valence-electron chi connectivity index (χ1n) is 10.4. The van der Waals surface area contributed by atoms with E-state index in [1.165, 1.54) is 38.9 Å². The topological polar surface area (TPSA) is 48.9 Å². The Hall–Kier alpha value is -0.0800. The minimum atomic E-state index is -0.0655. The lowest BCUT2D eigenvalue weighted by Gasteiger charge is -2.34. The minimum Gasteiger partial charge on any atom is -0.373 e. The summed E-state index contributed by atoms with van der Waals surface area (Å²) in [6, 6.07) is 0. The number of nitrogens with zero attached hydrogens (tertiary/aromatic N) is 2. The van der Waals surface area contributed by atoms with E-state index in [-0.39, 0.29) is 29.6 Å². The summed E-state index contributed by atoms with van der Waals surface area (Å²) in [5, 5.41) is 6.83. The number of nitrogens with one attached hydrogen (secondary N) is 2. The van der Waals surface area contributed by atoms with Gasteiger partial charge in [0.25, 0.3) is 0 Å². The quantitative estimate of drug-likeness (QED) is 0.242. The third-order valence-corrected chi connectivity index (χ3v) is 5.35. The lowest BCUT2D eigenvalue weighted by atomic mass is 9.92. The van der Waals surface area contributed by atoms with E-state index in [1.54, 1.807) is 0 Å². The van der Waals surface area contributed by atoms with Gasteiger partial charge in [-0.25, -0.2) is 0 Å². The van der Waals surface area contributed by atoms with Crippen molar-refractivity contribution in [1.29, 1.82) is 0 Å². The highest BCUT2D eigenvalue weighted by Crippen LogP contribution is 2.25. The highest BCUT2D eigenvalue weighted by atomic mass is 127. The molecule has 0 radical (unpaired) electrons. The van der Waals surface area contributed by atoms with Crippen LogP contribution in [0.1, 0.15) is 59.8 Å². The van der Waals surface area contributed by atoms with E-state index >= 15 is 0 Å². The molecule has 26 heavy (non-hydrogen) atoms. The fourth-order valence-electron chi connectivity index (χ4n) is 4.19. The van der Waals surface area contributed by atoms with Gasteiger partial charge in [-0.3, -0.25) is 4.99 Å². The zero-order chi connectivity index (χ0) is 18.1. The minimum absolute atomic E-state index is 0. The molecule has 154 valence electrons. The number of likely N-dealkylation sites (tertiary alicyclic amines) is 1. The van der Waals surface area contributed by atoms with Gasteiger partial charge in [-0.05, 0) is 64.3 Å². The highest BCUT2D eigenvalue weighted by molar-refractivity contribution is 14.0. The van der Waals surface area contributed by atoms with Crippen molar-refractivity contribution in [1.82, 2.24) is 15.5 Å². The van der Waals surface area contributed by atoms with Gasteiger partial charge < -0.3 is 20.3 Å². The molecule has 3 unspecified atom stereocenters. The first-order valence-corrected chi connectivity index (χ1v) is 10.4. The van der Waals surface area contributed by atoms with Gasteiger partial charge in [0.15, 0.2) is 5.96 Å². The summed E-state index contributed by atoms with van der Waals surface area (Å²) in [5.41, 5.74) is -0.0655. The Balaban J connectivity index is 0.00000338. The van der Waals surface area contributed by atoms with Gasteiger partial charge in [-0.1, -0.05) is 13.8 Å². The third kappa shape index (κ3) is 8.74. The Labute approximate surface area is 178 Å². The van der Waals surface area contributed by atoms with Gasteiger partial charge in [-0.2, -0.15) is 0 Å². The van der Waals surface area contributed by atoms with Crippen LogP contribution in [0.4, 0.5) is 0 Å². The van der Waals surface area contributed by atoms with Crippen LogP contribution in [0.3, 0.4) is 0 Å². The number of hydrogen-bond donors (Lipinski definition) is 2. The molecule has 0 aromatic heterocycles. The Morgan fingerprint density at radius 3 is 2.54 bits per heavy atom. The molecule has 0 saturated carbocycles. The molecule has 6 heteroatoms. The fourth-order valence-corrected chi connectivity index (χ4v) is 4.19. The van der Waals surface area contributed by atoms with Crippen molar-refractivity contribution in [3.05, 3.63) is 0 Å². The van der Waals surface area contributed by atoms with E-state index in [2.05, 4.69) is 43.2 Å². The number of ether oxygens (including phenoxy) is 1. The molecule has 0 aromatic rings. The summed E-state index contributed by atoms with van der Waals surface area (Å²) in [5.74, 6) is 2.64. The standard InChI is InChI=1S/C20H40N4O.HI/c1-5-21-19(23-16-20(4)9-8-12-25-20)22-10-6-7-11-24-14-17(2)13-18(3)15-24;/h17-18H,5-16H2,1-4H3,(H2,21,22,23);1H. The average molecular weight is 480 g/mol. The van der Waals surface area contributed by atoms with Crippen molar-refractivity contribution >= 4 is 29.9 Å². The van der Waals surface area contributed by atoms with Crippen LogP contribution in [-0.4, -0.2) is 62.3 Å². The summed E-state index contributed by atoms with van der Waals surface area (Å²) < 4.78 is 5.83. The van der Waals surface area contributed by atoms with Crippen LogP contribution in [0.15, 0.2) is 4.99 Å². The van der Waals surface area contributed by atoms with Crippen molar-refractivity contribution in [3.63, 3.8) is 0 Å². The maximum absolute atomic E-state index is 5.83. The van der Waals surface area contributed by atoms with Crippen LogP contribution in [0.25, 0.3) is 0 Å². The van der Waals surface area contributed by atoms with Crippen molar-refractivity contribution in [2.75, 3.05) is 45.9 Å². The van der Waals surface area contributed by atoms with Gasteiger partial charge in [0.05, 0.1) is 12.1 Å². The van der Waals surface area contributed by atoms with Gasteiger partial charge in [0, 0.05) is 32.8 Å². The summed E-state index contributed by atoms with van der Waals surface area (Å²) >= 11 is 0. The second-order valence-corrected chi connectivity index (χ2v) is 8.44.